The zero-order valence-corrected chi connectivity index (χ0v) is 17.3. The molecule has 0 aliphatic rings. The molecular weight excluding hydrogens is 384 g/mol. The first-order valence-electron chi connectivity index (χ1n) is 9.33. The summed E-state index contributed by atoms with van der Waals surface area (Å²) >= 11 is 0. The summed E-state index contributed by atoms with van der Waals surface area (Å²) in [5.74, 6) is 0.109. The molecular formula is C24H22O6. The lowest BCUT2D eigenvalue weighted by molar-refractivity contribution is -0.143. The molecule has 0 saturated carbocycles. The molecule has 0 spiro atoms. The van der Waals surface area contributed by atoms with Crippen LogP contribution in [0.25, 0.3) is 22.3 Å². The van der Waals surface area contributed by atoms with Gasteiger partial charge in [0, 0.05) is 17.2 Å². The third-order valence-corrected chi connectivity index (χ3v) is 4.22. The third-order valence-electron chi connectivity index (χ3n) is 4.22. The zero-order valence-electron chi connectivity index (χ0n) is 17.3. The molecule has 30 heavy (non-hydrogen) atoms. The van der Waals surface area contributed by atoms with Gasteiger partial charge in [-0.1, -0.05) is 6.58 Å². The van der Waals surface area contributed by atoms with Gasteiger partial charge in [0.25, 0.3) is 0 Å². The van der Waals surface area contributed by atoms with Crippen LogP contribution in [0.2, 0.25) is 0 Å². The van der Waals surface area contributed by atoms with Crippen LogP contribution in [0.1, 0.15) is 27.7 Å². The van der Waals surface area contributed by atoms with Gasteiger partial charge in [-0.15, -0.1) is 0 Å². The van der Waals surface area contributed by atoms with Crippen molar-refractivity contribution in [3.63, 3.8) is 0 Å². The maximum Gasteiger partial charge on any atom is 0.338 e. The van der Waals surface area contributed by atoms with Gasteiger partial charge >= 0.3 is 11.9 Å². The van der Waals surface area contributed by atoms with Crippen LogP contribution in [-0.2, 0) is 9.59 Å². The fraction of sp³-hybridized carbons (Fsp3) is 0.208. The Morgan fingerprint density at radius 2 is 1.57 bits per heavy atom. The van der Waals surface area contributed by atoms with Gasteiger partial charge in [0.1, 0.15) is 22.8 Å². The smallest absolute Gasteiger partial charge is 0.338 e. The van der Waals surface area contributed by atoms with E-state index >= 15 is 0 Å². The number of carbonyl (C=O) groups excluding carboxylic acids is 2. The maximum atomic E-state index is 12.6. The second-order valence-corrected chi connectivity index (χ2v) is 7.97. The molecule has 0 atom stereocenters. The van der Waals surface area contributed by atoms with Crippen LogP contribution < -0.4 is 14.9 Å². The van der Waals surface area contributed by atoms with E-state index in [0.717, 1.165) is 0 Å². The lowest BCUT2D eigenvalue weighted by Crippen LogP contribution is -2.25. The summed E-state index contributed by atoms with van der Waals surface area (Å²) in [6, 6.07) is 12.6. The molecule has 0 N–H and O–H groups in total. The molecule has 1 aromatic heterocycles. The van der Waals surface area contributed by atoms with Crippen molar-refractivity contribution in [3.05, 3.63) is 70.9 Å². The Morgan fingerprint density at radius 1 is 0.933 bits per heavy atom. The Bertz CT molecular complexity index is 1190. The summed E-state index contributed by atoms with van der Waals surface area (Å²) in [7, 11) is 0. The molecule has 0 fully saturated rings. The first-order valence-corrected chi connectivity index (χ1v) is 9.33. The molecule has 0 amide bonds. The van der Waals surface area contributed by atoms with Crippen molar-refractivity contribution >= 4 is 22.9 Å². The van der Waals surface area contributed by atoms with Crippen molar-refractivity contribution in [2.75, 3.05) is 0 Å². The van der Waals surface area contributed by atoms with E-state index in [1.165, 1.54) is 12.1 Å². The van der Waals surface area contributed by atoms with Gasteiger partial charge in [-0.2, -0.15) is 0 Å². The molecule has 2 aromatic carbocycles. The normalized spacial score (nSPS) is 11.2. The number of benzene rings is 2. The topological polar surface area (TPSA) is 82.8 Å². The van der Waals surface area contributed by atoms with E-state index in [-0.39, 0.29) is 22.7 Å². The Morgan fingerprint density at radius 3 is 2.17 bits per heavy atom. The number of hydrogen-bond donors (Lipinski definition) is 0. The van der Waals surface area contributed by atoms with Gasteiger partial charge in [-0.25, -0.2) is 4.79 Å². The van der Waals surface area contributed by atoms with E-state index in [1.54, 1.807) is 64.1 Å². The van der Waals surface area contributed by atoms with Crippen LogP contribution in [0.15, 0.2) is 69.9 Å². The summed E-state index contributed by atoms with van der Waals surface area (Å²) in [5, 5.41) is 0.293. The number of ether oxygens (including phenoxy) is 2. The number of fused-ring (bicyclic) bond motifs is 1. The molecule has 0 aliphatic heterocycles. The lowest BCUT2D eigenvalue weighted by Gasteiger charge is -2.16. The molecule has 0 unspecified atom stereocenters. The van der Waals surface area contributed by atoms with Crippen LogP contribution in [0, 0.1) is 5.41 Å². The SMILES string of the molecule is C=C(C)C(=O)Oc1ccc2oc(-c3ccc(OC(=O)C(C)(C)C)cc3)cc(=O)c2c1. The molecule has 1 heterocycles. The van der Waals surface area contributed by atoms with E-state index in [9.17, 15) is 14.4 Å². The minimum atomic E-state index is -0.610. The third kappa shape index (κ3) is 4.66. The molecule has 3 rings (SSSR count). The lowest BCUT2D eigenvalue weighted by atomic mass is 9.97. The average Bonchev–Trinajstić information content (AvgIpc) is 2.68. The van der Waals surface area contributed by atoms with Crippen LogP contribution in [0.4, 0.5) is 0 Å². The van der Waals surface area contributed by atoms with E-state index in [4.69, 9.17) is 13.9 Å². The minimum absolute atomic E-state index is 0.237. The van der Waals surface area contributed by atoms with Crippen molar-refractivity contribution in [2.45, 2.75) is 27.7 Å². The van der Waals surface area contributed by atoms with Crippen molar-refractivity contribution in [1.29, 1.82) is 0 Å². The predicted octanol–water partition coefficient (Wildman–Crippen LogP) is 4.89. The van der Waals surface area contributed by atoms with E-state index in [1.807, 2.05) is 0 Å². The largest absolute Gasteiger partial charge is 0.456 e. The van der Waals surface area contributed by atoms with Crippen LogP contribution in [0.5, 0.6) is 11.5 Å². The summed E-state index contributed by atoms with van der Waals surface area (Å²) in [6.45, 7) is 10.4. The first kappa shape index (κ1) is 21.0. The summed E-state index contributed by atoms with van der Waals surface area (Å²) < 4.78 is 16.4. The average molecular weight is 406 g/mol. The minimum Gasteiger partial charge on any atom is -0.456 e. The molecule has 0 aliphatic carbocycles. The maximum absolute atomic E-state index is 12.6. The van der Waals surface area contributed by atoms with Crippen molar-refractivity contribution in [2.24, 2.45) is 5.41 Å². The predicted molar refractivity (Wildman–Crippen MR) is 113 cm³/mol. The Balaban J connectivity index is 1.88. The standard InChI is InChI=1S/C24H22O6/c1-14(2)22(26)28-17-10-11-20-18(12-17)19(25)13-21(30-20)15-6-8-16(9-7-15)29-23(27)24(3,4)5/h6-13H,1H2,2-5H3. The molecule has 6 nitrogen and oxygen atoms in total. The Hall–Kier alpha value is -3.67. The van der Waals surface area contributed by atoms with Crippen molar-refractivity contribution < 1.29 is 23.5 Å². The molecule has 154 valence electrons. The van der Waals surface area contributed by atoms with E-state index < -0.39 is 11.4 Å². The molecule has 3 aromatic rings. The summed E-state index contributed by atoms with van der Waals surface area (Å²) in [5.41, 5.74) is 0.386. The Kier molecular flexibility index (Phi) is 5.60. The highest BCUT2D eigenvalue weighted by molar-refractivity contribution is 5.89. The second-order valence-electron chi connectivity index (χ2n) is 7.97. The highest BCUT2D eigenvalue weighted by Gasteiger charge is 2.23. The van der Waals surface area contributed by atoms with Gasteiger partial charge in [0.05, 0.1) is 10.8 Å². The molecule has 0 saturated heterocycles. The highest BCUT2D eigenvalue weighted by atomic mass is 16.5. The molecule has 0 bridgehead atoms. The van der Waals surface area contributed by atoms with Gasteiger partial charge in [0.2, 0.25) is 0 Å². The zero-order chi connectivity index (χ0) is 22.1. The quantitative estimate of drug-likeness (QED) is 0.348. The summed E-state index contributed by atoms with van der Waals surface area (Å²) in [4.78, 5) is 36.2. The second kappa shape index (κ2) is 7.99. The molecule has 6 heteroatoms. The first-order chi connectivity index (χ1) is 14.0. The highest BCUT2D eigenvalue weighted by Crippen LogP contribution is 2.27. The summed E-state index contributed by atoms with van der Waals surface area (Å²) in [6.07, 6.45) is 0. The fourth-order valence-corrected chi connectivity index (χ4v) is 2.48. The van der Waals surface area contributed by atoms with E-state index in [0.29, 0.717) is 28.0 Å². The van der Waals surface area contributed by atoms with Gasteiger partial charge in [0.15, 0.2) is 5.43 Å². The number of rotatable bonds is 4. The van der Waals surface area contributed by atoms with Crippen LogP contribution in [0.3, 0.4) is 0 Å². The van der Waals surface area contributed by atoms with Gasteiger partial charge in [-0.05, 0) is 70.2 Å². The molecule has 0 radical (unpaired) electrons. The number of hydrogen-bond acceptors (Lipinski definition) is 6. The van der Waals surface area contributed by atoms with Gasteiger partial charge in [-0.3, -0.25) is 9.59 Å². The van der Waals surface area contributed by atoms with Crippen molar-refractivity contribution in [3.8, 4) is 22.8 Å². The van der Waals surface area contributed by atoms with Gasteiger partial charge < -0.3 is 13.9 Å². The van der Waals surface area contributed by atoms with Crippen LogP contribution >= 0.6 is 0 Å². The van der Waals surface area contributed by atoms with Crippen molar-refractivity contribution in [1.82, 2.24) is 0 Å². The van der Waals surface area contributed by atoms with Crippen LogP contribution in [-0.4, -0.2) is 11.9 Å². The fourth-order valence-electron chi connectivity index (χ4n) is 2.48. The number of esters is 2. The number of carbonyl (C=O) groups is 2. The van der Waals surface area contributed by atoms with E-state index in [2.05, 4.69) is 6.58 Å². The monoisotopic (exact) mass is 406 g/mol. The Labute approximate surface area is 173 Å².